The fourth-order valence-corrected chi connectivity index (χ4v) is 15.2. The summed E-state index contributed by atoms with van der Waals surface area (Å²) < 4.78 is 0. The molecular weight excluding hydrogens is 917 g/mol. The highest BCUT2D eigenvalue weighted by atomic mass is 15.2. The molecule has 3 aliphatic carbocycles. The van der Waals surface area contributed by atoms with Crippen molar-refractivity contribution in [1.82, 2.24) is 4.90 Å². The van der Waals surface area contributed by atoms with Gasteiger partial charge in [-0.05, 0) is 107 Å². The first-order chi connectivity index (χ1) is 37.7. The van der Waals surface area contributed by atoms with E-state index < -0.39 is 10.8 Å². The van der Waals surface area contributed by atoms with Gasteiger partial charge in [-0.25, -0.2) is 0 Å². The molecule has 5 aliphatic rings. The SMILES string of the molecule is C1=C(N(c2ccc3c(c2)C2(c4ccccc4-c4ccccc42)c2ccccc2-3)c2cccc3c2-c2ccccc2C3(c2ccccc2)c2ccccc2)c2ccccc2C2C(c3ccccc3)C(c3ccccc3)CN12. The molecule has 2 aliphatic heterocycles. The molecule has 0 radical (unpaired) electrons. The Kier molecular flexibility index (Phi) is 9.45. The van der Waals surface area contributed by atoms with Gasteiger partial charge in [0, 0.05) is 41.4 Å². The molecule has 3 atom stereocenters. The Labute approximate surface area is 445 Å². The van der Waals surface area contributed by atoms with Crippen molar-refractivity contribution in [3.8, 4) is 33.4 Å². The van der Waals surface area contributed by atoms with Gasteiger partial charge in [-0.2, -0.15) is 0 Å². The van der Waals surface area contributed by atoms with Crippen LogP contribution in [-0.2, 0) is 10.8 Å². The molecule has 11 aromatic rings. The molecular formula is C74H52N2. The molecule has 1 fully saturated rings. The molecule has 0 bridgehead atoms. The summed E-state index contributed by atoms with van der Waals surface area (Å²) in [5, 5.41) is 0. The number of nitrogens with zero attached hydrogens (tertiary/aromatic N) is 2. The predicted octanol–water partition coefficient (Wildman–Crippen LogP) is 17.5. The first-order valence-corrected chi connectivity index (χ1v) is 27.0. The highest BCUT2D eigenvalue weighted by Crippen LogP contribution is 2.65. The van der Waals surface area contributed by atoms with Crippen molar-refractivity contribution in [2.24, 2.45) is 0 Å². The van der Waals surface area contributed by atoms with Gasteiger partial charge < -0.3 is 9.80 Å². The van der Waals surface area contributed by atoms with Crippen molar-refractivity contribution >= 4 is 17.1 Å². The Bertz CT molecular complexity index is 4020. The Hall–Kier alpha value is -9.24. The maximum atomic E-state index is 2.70. The smallest absolute Gasteiger partial charge is 0.0726 e. The maximum Gasteiger partial charge on any atom is 0.0726 e. The van der Waals surface area contributed by atoms with Gasteiger partial charge in [0.05, 0.1) is 28.3 Å². The van der Waals surface area contributed by atoms with E-state index in [1.807, 2.05) is 0 Å². The summed E-state index contributed by atoms with van der Waals surface area (Å²) in [7, 11) is 0. The van der Waals surface area contributed by atoms with Crippen LogP contribution < -0.4 is 4.90 Å². The summed E-state index contributed by atoms with van der Waals surface area (Å²) in [6.07, 6.45) is 2.55. The molecule has 0 saturated carbocycles. The Morgan fingerprint density at radius 2 is 0.816 bits per heavy atom. The standard InChI is InChI=1S/C74H52N2/c1-5-24-49(25-6-1)61-47-75-48-69(58-35-13-14-36-59(58)72(75)70(61)50-26-7-2-8-27-50)76(68-43-23-42-66-71(68)60-37-18-22-41-65(60)73(66,51-28-9-3-10-29-51)52-30-11-4-12-31-52)53-44-45-57-56-34-17-21-40-64(56)74(67(57)46-53)62-38-19-15-32-54(62)55-33-16-20-39-63(55)74/h1-46,48,61,70,72H,47H2. The van der Waals surface area contributed by atoms with E-state index in [1.165, 1.54) is 106 Å². The fraction of sp³-hybridized carbons (Fsp3) is 0.0811. The van der Waals surface area contributed by atoms with Gasteiger partial charge in [0.1, 0.15) is 0 Å². The van der Waals surface area contributed by atoms with Gasteiger partial charge >= 0.3 is 0 Å². The van der Waals surface area contributed by atoms with Crippen molar-refractivity contribution in [3.05, 3.63) is 352 Å². The van der Waals surface area contributed by atoms with Crippen molar-refractivity contribution in [1.29, 1.82) is 0 Å². The zero-order valence-electron chi connectivity index (χ0n) is 42.0. The topological polar surface area (TPSA) is 6.48 Å². The van der Waals surface area contributed by atoms with Gasteiger partial charge in [0.15, 0.2) is 0 Å². The summed E-state index contributed by atoms with van der Waals surface area (Å²) in [6, 6.07) is 106. The molecule has 16 rings (SSSR count). The van der Waals surface area contributed by atoms with E-state index in [-0.39, 0.29) is 17.9 Å². The zero-order chi connectivity index (χ0) is 50.0. The lowest BCUT2D eigenvalue weighted by molar-refractivity contribution is 0.336. The molecule has 76 heavy (non-hydrogen) atoms. The maximum absolute atomic E-state index is 2.70. The molecule has 3 unspecified atom stereocenters. The molecule has 1 saturated heterocycles. The van der Waals surface area contributed by atoms with Crippen LogP contribution in [0.25, 0.3) is 39.1 Å². The normalized spacial score (nSPS) is 18.1. The van der Waals surface area contributed by atoms with E-state index in [1.54, 1.807) is 0 Å². The number of rotatable bonds is 7. The van der Waals surface area contributed by atoms with E-state index in [9.17, 15) is 0 Å². The van der Waals surface area contributed by atoms with Crippen LogP contribution >= 0.6 is 0 Å². The molecule has 358 valence electrons. The summed E-state index contributed by atoms with van der Waals surface area (Å²) in [5.74, 6) is 0.513. The van der Waals surface area contributed by atoms with Crippen molar-refractivity contribution < 1.29 is 0 Å². The number of hydrogen-bond donors (Lipinski definition) is 0. The largest absolute Gasteiger partial charge is 0.367 e. The summed E-state index contributed by atoms with van der Waals surface area (Å²) in [6.45, 7) is 0.886. The molecule has 0 amide bonds. The summed E-state index contributed by atoms with van der Waals surface area (Å²) in [4.78, 5) is 5.36. The second-order valence-electron chi connectivity index (χ2n) is 21.4. The molecule has 2 nitrogen and oxygen atoms in total. The average molecular weight is 969 g/mol. The fourth-order valence-electron chi connectivity index (χ4n) is 15.2. The van der Waals surface area contributed by atoms with Crippen LogP contribution in [0, 0.1) is 0 Å². The van der Waals surface area contributed by atoms with E-state index >= 15 is 0 Å². The minimum Gasteiger partial charge on any atom is -0.367 e. The Balaban J connectivity index is 0.997. The highest BCUT2D eigenvalue weighted by Gasteiger charge is 2.53. The number of benzene rings is 11. The molecule has 2 heteroatoms. The van der Waals surface area contributed by atoms with Crippen LogP contribution in [0.15, 0.2) is 285 Å². The second-order valence-corrected chi connectivity index (χ2v) is 21.4. The quantitative estimate of drug-likeness (QED) is 0.157. The predicted molar refractivity (Wildman–Crippen MR) is 311 cm³/mol. The van der Waals surface area contributed by atoms with Crippen LogP contribution in [0.4, 0.5) is 11.4 Å². The Morgan fingerprint density at radius 1 is 0.355 bits per heavy atom. The van der Waals surface area contributed by atoms with Crippen molar-refractivity contribution in [3.63, 3.8) is 0 Å². The monoisotopic (exact) mass is 968 g/mol. The molecule has 1 spiro atoms. The van der Waals surface area contributed by atoms with Crippen LogP contribution in [-0.4, -0.2) is 11.4 Å². The third kappa shape index (κ3) is 5.82. The highest BCUT2D eigenvalue weighted by molar-refractivity contribution is 6.02. The lowest BCUT2D eigenvalue weighted by atomic mass is 9.68. The third-order valence-electron chi connectivity index (χ3n) is 18.0. The van der Waals surface area contributed by atoms with Crippen LogP contribution in [0.2, 0.25) is 0 Å². The van der Waals surface area contributed by atoms with Gasteiger partial charge in [0.25, 0.3) is 0 Å². The Morgan fingerprint density at radius 3 is 1.41 bits per heavy atom. The lowest BCUT2D eigenvalue weighted by Gasteiger charge is -2.40. The third-order valence-corrected chi connectivity index (χ3v) is 18.0. The van der Waals surface area contributed by atoms with E-state index in [4.69, 9.17) is 0 Å². The molecule has 2 heterocycles. The second kappa shape index (κ2) is 16.6. The van der Waals surface area contributed by atoms with E-state index in [2.05, 4.69) is 295 Å². The number of hydrogen-bond acceptors (Lipinski definition) is 2. The minimum atomic E-state index is -0.568. The first kappa shape index (κ1) is 43.2. The number of anilines is 2. The molecule has 0 N–H and O–H groups in total. The van der Waals surface area contributed by atoms with Gasteiger partial charge in [-0.1, -0.05) is 261 Å². The van der Waals surface area contributed by atoms with Gasteiger partial charge in [-0.15, -0.1) is 0 Å². The van der Waals surface area contributed by atoms with Crippen LogP contribution in [0.1, 0.15) is 84.6 Å². The summed E-state index contributed by atoms with van der Waals surface area (Å²) >= 11 is 0. The summed E-state index contributed by atoms with van der Waals surface area (Å²) in [5.41, 5.74) is 25.9. The zero-order valence-corrected chi connectivity index (χ0v) is 42.0. The van der Waals surface area contributed by atoms with E-state index in [0.29, 0.717) is 0 Å². The lowest BCUT2D eigenvalue weighted by Crippen LogP contribution is -2.30. The minimum absolute atomic E-state index is 0.129. The van der Waals surface area contributed by atoms with Crippen LogP contribution in [0.3, 0.4) is 0 Å². The van der Waals surface area contributed by atoms with Gasteiger partial charge in [-0.3, -0.25) is 0 Å². The number of fused-ring (bicyclic) bond motifs is 16. The van der Waals surface area contributed by atoms with Crippen molar-refractivity contribution in [2.45, 2.75) is 28.7 Å². The van der Waals surface area contributed by atoms with Crippen molar-refractivity contribution in [2.75, 3.05) is 11.4 Å². The van der Waals surface area contributed by atoms with E-state index in [0.717, 1.165) is 17.9 Å². The molecule has 0 aromatic heterocycles. The van der Waals surface area contributed by atoms with Gasteiger partial charge in [0.2, 0.25) is 0 Å². The van der Waals surface area contributed by atoms with Crippen LogP contribution in [0.5, 0.6) is 0 Å². The molecule has 11 aromatic carbocycles. The average Bonchev–Trinajstić information content (AvgIpc) is 4.41. The first-order valence-electron chi connectivity index (χ1n) is 27.0.